The minimum atomic E-state index is -0.614. The van der Waals surface area contributed by atoms with Crippen LogP contribution in [0.15, 0.2) is 0 Å². The maximum Gasteiger partial charge on any atom is 0.0806 e. The van der Waals surface area contributed by atoms with Gasteiger partial charge in [0.25, 0.3) is 0 Å². The molecule has 0 spiro atoms. The van der Waals surface area contributed by atoms with Crippen molar-refractivity contribution >= 4 is 0 Å². The minimum absolute atomic E-state index is 0.324. The predicted molar refractivity (Wildman–Crippen MR) is 183 cm³/mol. The fourth-order valence-electron chi connectivity index (χ4n) is 5.67. The van der Waals surface area contributed by atoms with E-state index in [0.29, 0.717) is 26.2 Å². The van der Waals surface area contributed by atoms with Crippen molar-refractivity contribution in [3.63, 3.8) is 0 Å². The van der Waals surface area contributed by atoms with Crippen LogP contribution >= 0.6 is 0 Å². The summed E-state index contributed by atoms with van der Waals surface area (Å²) in [5, 5.41) is 20.2. The molecule has 0 saturated heterocycles. The van der Waals surface area contributed by atoms with E-state index in [1.165, 1.54) is 167 Å². The first-order valence-electron chi connectivity index (χ1n) is 19.1. The van der Waals surface area contributed by atoms with Crippen molar-refractivity contribution in [1.82, 2.24) is 0 Å². The van der Waals surface area contributed by atoms with Gasteiger partial charge in [0.05, 0.1) is 25.4 Å². The number of aliphatic hydroxyl groups is 2. The fraction of sp³-hybridized carbons (Fsp3) is 0.974. The predicted octanol–water partition coefficient (Wildman–Crippen LogP) is 11.3. The van der Waals surface area contributed by atoms with Gasteiger partial charge in [-0.3, -0.25) is 0 Å². The molecule has 4 heteroatoms. The Morgan fingerprint density at radius 2 is 0.690 bits per heavy atom. The first kappa shape index (κ1) is 41.8. The van der Waals surface area contributed by atoms with Gasteiger partial charge in [0.1, 0.15) is 0 Å². The Morgan fingerprint density at radius 1 is 0.405 bits per heavy atom. The van der Waals surface area contributed by atoms with Crippen LogP contribution in [0.5, 0.6) is 0 Å². The van der Waals surface area contributed by atoms with Crippen molar-refractivity contribution in [1.29, 1.82) is 0 Å². The molecule has 0 fully saturated rings. The number of hydrogen-bond acceptors (Lipinski definition) is 4. The highest BCUT2D eigenvalue weighted by Crippen LogP contribution is 2.14. The molecule has 0 aromatic carbocycles. The molecule has 253 valence electrons. The molecule has 0 bridgehead atoms. The highest BCUT2D eigenvalue weighted by Gasteiger charge is 2.10. The lowest BCUT2D eigenvalue weighted by molar-refractivity contribution is 0.0216. The second-order valence-electron chi connectivity index (χ2n) is 13.0. The van der Waals surface area contributed by atoms with E-state index in [9.17, 15) is 10.2 Å². The van der Waals surface area contributed by atoms with Crippen molar-refractivity contribution in [2.45, 2.75) is 212 Å². The Hall–Kier alpha value is -0.160. The first-order valence-corrected chi connectivity index (χ1v) is 19.1. The van der Waals surface area contributed by atoms with E-state index in [4.69, 9.17) is 9.47 Å². The molecule has 0 amide bonds. The van der Waals surface area contributed by atoms with Crippen LogP contribution in [0.25, 0.3) is 0 Å². The molecule has 1 radical (unpaired) electrons. The van der Waals surface area contributed by atoms with Crippen molar-refractivity contribution in [2.75, 3.05) is 26.4 Å². The van der Waals surface area contributed by atoms with Crippen LogP contribution in [0.2, 0.25) is 0 Å². The van der Waals surface area contributed by atoms with Crippen LogP contribution in [0.3, 0.4) is 0 Å². The standard InChI is InChI=1S/C38H77O4/c1-3-5-7-9-11-13-15-17-19-21-23-25-27-29-33-41-35-37(39)31-32-38(40)36-42-34-30-28-26-24-22-20-18-16-14-12-10-8-6-4-2/h31,37-40H,3-30,32-36H2,1-2H3. The maximum atomic E-state index is 10.1. The quantitative estimate of drug-likeness (QED) is 0.0699. The fourth-order valence-corrected chi connectivity index (χ4v) is 5.67. The van der Waals surface area contributed by atoms with Gasteiger partial charge in [0, 0.05) is 13.2 Å². The van der Waals surface area contributed by atoms with Gasteiger partial charge in [0.15, 0.2) is 0 Å². The summed E-state index contributed by atoms with van der Waals surface area (Å²) >= 11 is 0. The molecule has 2 N–H and O–H groups in total. The summed E-state index contributed by atoms with van der Waals surface area (Å²) in [5.74, 6) is 0. The van der Waals surface area contributed by atoms with Gasteiger partial charge in [-0.25, -0.2) is 0 Å². The average Bonchev–Trinajstić information content (AvgIpc) is 2.99. The van der Waals surface area contributed by atoms with Crippen LogP contribution in [-0.2, 0) is 9.47 Å². The van der Waals surface area contributed by atoms with E-state index in [2.05, 4.69) is 13.8 Å². The van der Waals surface area contributed by atoms with Gasteiger partial charge >= 0.3 is 0 Å². The number of hydrogen-bond donors (Lipinski definition) is 2. The van der Waals surface area contributed by atoms with Crippen molar-refractivity contribution < 1.29 is 19.7 Å². The SMILES string of the molecule is CCCCCCCCCCCCCCCCOCC(O)[CH]CC(O)COCCCCCCCCCCCCCCCC. The molecule has 0 aromatic heterocycles. The molecule has 0 aliphatic carbocycles. The smallest absolute Gasteiger partial charge is 0.0806 e. The van der Waals surface area contributed by atoms with Crippen molar-refractivity contribution in [3.8, 4) is 0 Å². The van der Waals surface area contributed by atoms with E-state index in [1.54, 1.807) is 6.42 Å². The van der Waals surface area contributed by atoms with E-state index in [-0.39, 0.29) is 0 Å². The highest BCUT2D eigenvalue weighted by atomic mass is 16.5. The number of unbranched alkanes of at least 4 members (excludes halogenated alkanes) is 26. The van der Waals surface area contributed by atoms with Gasteiger partial charge < -0.3 is 19.7 Å². The lowest BCUT2D eigenvalue weighted by Crippen LogP contribution is -2.22. The molecule has 2 atom stereocenters. The number of ether oxygens (including phenoxy) is 2. The maximum absolute atomic E-state index is 10.1. The zero-order valence-corrected chi connectivity index (χ0v) is 28.8. The summed E-state index contributed by atoms with van der Waals surface area (Å²) in [6.45, 7) is 6.67. The van der Waals surface area contributed by atoms with Gasteiger partial charge in [-0.2, -0.15) is 0 Å². The molecule has 2 unspecified atom stereocenters. The van der Waals surface area contributed by atoms with Crippen LogP contribution in [0.1, 0.15) is 200 Å². The first-order chi connectivity index (χ1) is 20.7. The van der Waals surface area contributed by atoms with E-state index in [0.717, 1.165) is 19.4 Å². The Labute approximate surface area is 264 Å². The molecule has 0 heterocycles. The monoisotopic (exact) mass is 598 g/mol. The Kier molecular flexibility index (Phi) is 36.9. The second kappa shape index (κ2) is 37.0. The molecule has 0 rings (SSSR count). The summed E-state index contributed by atoms with van der Waals surface area (Å²) in [7, 11) is 0. The van der Waals surface area contributed by atoms with Gasteiger partial charge in [-0.1, -0.05) is 181 Å². The van der Waals surface area contributed by atoms with E-state index in [1.807, 2.05) is 0 Å². The summed E-state index contributed by atoms with van der Waals surface area (Å²) in [6.07, 6.45) is 39.0. The molecule has 0 aliphatic heterocycles. The molecule has 42 heavy (non-hydrogen) atoms. The summed E-state index contributed by atoms with van der Waals surface area (Å²) < 4.78 is 11.3. The van der Waals surface area contributed by atoms with Crippen LogP contribution in [-0.4, -0.2) is 48.8 Å². The third-order valence-electron chi connectivity index (χ3n) is 8.56. The molecule has 0 aromatic rings. The minimum Gasteiger partial charge on any atom is -0.391 e. The van der Waals surface area contributed by atoms with Crippen LogP contribution < -0.4 is 0 Å². The second-order valence-corrected chi connectivity index (χ2v) is 13.0. The summed E-state index contributed by atoms with van der Waals surface area (Å²) in [4.78, 5) is 0. The molecular formula is C38H77O4. The van der Waals surface area contributed by atoms with E-state index < -0.39 is 12.2 Å². The third kappa shape index (κ3) is 36.0. The van der Waals surface area contributed by atoms with Gasteiger partial charge in [-0.15, -0.1) is 0 Å². The number of rotatable bonds is 37. The third-order valence-corrected chi connectivity index (χ3v) is 8.56. The number of aliphatic hydroxyl groups excluding tert-OH is 2. The topological polar surface area (TPSA) is 58.9 Å². The van der Waals surface area contributed by atoms with Crippen molar-refractivity contribution in [3.05, 3.63) is 6.42 Å². The zero-order chi connectivity index (χ0) is 30.6. The molecule has 4 nitrogen and oxygen atoms in total. The van der Waals surface area contributed by atoms with Crippen LogP contribution in [0, 0.1) is 6.42 Å². The lowest BCUT2D eigenvalue weighted by atomic mass is 10.0. The highest BCUT2D eigenvalue weighted by molar-refractivity contribution is 4.78. The Bertz CT molecular complexity index is 430. The largest absolute Gasteiger partial charge is 0.391 e. The summed E-state index contributed by atoms with van der Waals surface area (Å²) in [6, 6.07) is 0. The van der Waals surface area contributed by atoms with Gasteiger partial charge in [0.2, 0.25) is 0 Å². The van der Waals surface area contributed by atoms with Crippen molar-refractivity contribution in [2.24, 2.45) is 0 Å². The average molecular weight is 598 g/mol. The normalized spacial score (nSPS) is 13.1. The zero-order valence-electron chi connectivity index (χ0n) is 28.8. The molecular weight excluding hydrogens is 520 g/mol. The summed E-state index contributed by atoms with van der Waals surface area (Å²) in [5.41, 5.74) is 0. The Balaban J connectivity index is 3.25. The van der Waals surface area contributed by atoms with Crippen LogP contribution in [0.4, 0.5) is 0 Å². The van der Waals surface area contributed by atoms with Gasteiger partial charge in [-0.05, 0) is 25.7 Å². The molecule has 0 saturated carbocycles. The lowest BCUT2D eigenvalue weighted by Gasteiger charge is -2.14. The van der Waals surface area contributed by atoms with E-state index >= 15 is 0 Å². The Morgan fingerprint density at radius 3 is 1.02 bits per heavy atom. The molecule has 0 aliphatic rings.